The van der Waals surface area contributed by atoms with E-state index in [1.54, 1.807) is 19.1 Å². The van der Waals surface area contributed by atoms with E-state index in [1.165, 1.54) is 55.3 Å². The fourth-order valence-corrected chi connectivity index (χ4v) is 6.71. The molecule has 0 unspecified atom stereocenters. The molecule has 2 atom stereocenters. The third-order valence-corrected chi connectivity index (χ3v) is 9.97. The van der Waals surface area contributed by atoms with Crippen molar-refractivity contribution < 1.29 is 27.7 Å². The second kappa shape index (κ2) is 15.8. The van der Waals surface area contributed by atoms with Crippen LogP contribution in [0, 0.1) is 17.0 Å². The van der Waals surface area contributed by atoms with E-state index in [2.05, 4.69) is 5.32 Å². The summed E-state index contributed by atoms with van der Waals surface area (Å²) in [4.78, 5) is 39.6. The number of nitrogens with zero attached hydrogens (tertiary/aromatic N) is 3. The Morgan fingerprint density at radius 2 is 1.65 bits per heavy atom. The van der Waals surface area contributed by atoms with E-state index in [9.17, 15) is 28.1 Å². The lowest BCUT2D eigenvalue weighted by molar-refractivity contribution is -0.385. The molecular weight excluding hydrogens is 679 g/mol. The zero-order valence-electron chi connectivity index (χ0n) is 25.9. The molecule has 3 aromatic carbocycles. The lowest BCUT2D eigenvalue weighted by atomic mass is 10.1. The number of rotatable bonds is 14. The highest BCUT2D eigenvalue weighted by molar-refractivity contribution is 7.92. The van der Waals surface area contributed by atoms with E-state index >= 15 is 0 Å². The Morgan fingerprint density at radius 1 is 1.00 bits per heavy atom. The minimum Gasteiger partial charge on any atom is -0.495 e. The molecule has 0 saturated heterocycles. The Balaban J connectivity index is 2.21. The van der Waals surface area contributed by atoms with Crippen LogP contribution in [0.25, 0.3) is 0 Å². The van der Waals surface area contributed by atoms with Crippen molar-refractivity contribution in [2.45, 2.75) is 64.1 Å². The van der Waals surface area contributed by atoms with Crippen molar-refractivity contribution in [3.63, 3.8) is 0 Å². The number of carbonyl (C=O) groups excluding carboxylic acids is 2. The molecule has 0 heterocycles. The zero-order chi connectivity index (χ0) is 34.3. The van der Waals surface area contributed by atoms with Gasteiger partial charge in [0.1, 0.15) is 18.3 Å². The highest BCUT2D eigenvalue weighted by Gasteiger charge is 2.36. The first-order valence-electron chi connectivity index (χ1n) is 14.3. The van der Waals surface area contributed by atoms with Crippen LogP contribution in [0.3, 0.4) is 0 Å². The molecule has 248 valence electrons. The number of nitrogens with one attached hydrogen (secondary N) is 1. The summed E-state index contributed by atoms with van der Waals surface area (Å²) in [6.45, 7) is 5.96. The largest absolute Gasteiger partial charge is 0.495 e. The van der Waals surface area contributed by atoms with E-state index in [0.717, 1.165) is 10.4 Å². The molecule has 0 aromatic heterocycles. The lowest BCUT2D eigenvalue weighted by Gasteiger charge is -2.34. The van der Waals surface area contributed by atoms with E-state index in [-0.39, 0.29) is 46.1 Å². The van der Waals surface area contributed by atoms with Gasteiger partial charge in [0.15, 0.2) is 0 Å². The standard InChI is InChI=1S/C31H35Cl3N4O7S/c1-6-20(4)35-31(40)26(7-2)36(17-21-9-10-22(32)14-25(21)34)30(39)18-37(28-15-23(33)11-13-29(28)45-5)46(43,44)24-12-8-19(3)27(16-24)38(41)42/h8-16,20,26H,6-7,17-18H2,1-5H3,(H,35,40)/t20-,26-/m1/s1. The maximum atomic E-state index is 14.4. The van der Waals surface area contributed by atoms with Crippen molar-refractivity contribution in [2.75, 3.05) is 18.0 Å². The summed E-state index contributed by atoms with van der Waals surface area (Å²) in [5.41, 5.74) is 0.208. The molecule has 1 N–H and O–H groups in total. The maximum Gasteiger partial charge on any atom is 0.273 e. The summed E-state index contributed by atoms with van der Waals surface area (Å²) in [6.07, 6.45) is 0.832. The minimum atomic E-state index is -4.67. The van der Waals surface area contributed by atoms with Gasteiger partial charge in [0.25, 0.3) is 15.7 Å². The summed E-state index contributed by atoms with van der Waals surface area (Å²) in [5.74, 6) is -1.13. The van der Waals surface area contributed by atoms with Gasteiger partial charge in [0.2, 0.25) is 11.8 Å². The van der Waals surface area contributed by atoms with Crippen LogP contribution in [0.4, 0.5) is 11.4 Å². The first-order chi connectivity index (χ1) is 21.6. The average molecular weight is 714 g/mol. The van der Waals surface area contributed by atoms with Gasteiger partial charge in [0, 0.05) is 39.3 Å². The molecule has 0 bridgehead atoms. The van der Waals surface area contributed by atoms with E-state index in [0.29, 0.717) is 17.0 Å². The SMILES string of the molecule is CC[C@@H](C)NC(=O)[C@@H](CC)N(Cc1ccc(Cl)cc1Cl)C(=O)CN(c1cc(Cl)ccc1OC)S(=O)(=O)c1ccc(C)c([N+](=O)[O-])c1. The van der Waals surface area contributed by atoms with Crippen LogP contribution in [0.2, 0.25) is 15.1 Å². The third kappa shape index (κ3) is 8.61. The number of nitro benzene ring substituents is 1. The molecule has 11 nitrogen and oxygen atoms in total. The highest BCUT2D eigenvalue weighted by Crippen LogP contribution is 2.36. The molecule has 15 heteroatoms. The smallest absolute Gasteiger partial charge is 0.273 e. The van der Waals surface area contributed by atoms with Crippen LogP contribution in [0.15, 0.2) is 59.5 Å². The van der Waals surface area contributed by atoms with Gasteiger partial charge in [-0.25, -0.2) is 8.42 Å². The normalized spacial score (nSPS) is 12.6. The zero-order valence-corrected chi connectivity index (χ0v) is 29.0. The Labute approximate surface area is 283 Å². The highest BCUT2D eigenvalue weighted by atomic mass is 35.5. The number of carbonyl (C=O) groups is 2. The number of aryl methyl sites for hydroxylation is 1. The van der Waals surface area contributed by atoms with Gasteiger partial charge in [-0.05, 0) is 68.7 Å². The van der Waals surface area contributed by atoms with Gasteiger partial charge < -0.3 is 15.0 Å². The number of anilines is 1. The van der Waals surface area contributed by atoms with Crippen LogP contribution in [0.1, 0.15) is 44.7 Å². The van der Waals surface area contributed by atoms with E-state index < -0.39 is 49.9 Å². The molecular formula is C31H35Cl3N4O7S. The molecule has 0 aliphatic carbocycles. The topological polar surface area (TPSA) is 139 Å². The van der Waals surface area contributed by atoms with Gasteiger partial charge in [-0.15, -0.1) is 0 Å². The first kappa shape index (κ1) is 36.9. The maximum absolute atomic E-state index is 14.4. The van der Waals surface area contributed by atoms with Crippen LogP contribution >= 0.6 is 34.8 Å². The molecule has 2 amide bonds. The summed E-state index contributed by atoms with van der Waals surface area (Å²) < 4.78 is 34.8. The fraction of sp³-hybridized carbons (Fsp3) is 0.355. The number of ether oxygens (including phenoxy) is 1. The van der Waals surface area contributed by atoms with E-state index in [4.69, 9.17) is 39.5 Å². The molecule has 46 heavy (non-hydrogen) atoms. The van der Waals surface area contributed by atoms with Gasteiger partial charge in [-0.1, -0.05) is 60.8 Å². The van der Waals surface area contributed by atoms with Crippen LogP contribution in [0.5, 0.6) is 5.75 Å². The van der Waals surface area contributed by atoms with Crippen LogP contribution < -0.4 is 14.4 Å². The van der Waals surface area contributed by atoms with Crippen molar-refractivity contribution in [3.05, 3.63) is 90.9 Å². The summed E-state index contributed by atoms with van der Waals surface area (Å²) >= 11 is 18.8. The van der Waals surface area contributed by atoms with Gasteiger partial charge in [0.05, 0.1) is 22.6 Å². The molecule has 3 rings (SSSR count). The van der Waals surface area contributed by atoms with Gasteiger partial charge >= 0.3 is 0 Å². The second-order valence-corrected chi connectivity index (χ2v) is 13.7. The summed E-state index contributed by atoms with van der Waals surface area (Å²) in [6, 6.07) is 11.2. The van der Waals surface area contributed by atoms with Gasteiger partial charge in [-0.2, -0.15) is 0 Å². The van der Waals surface area contributed by atoms with Gasteiger partial charge in [-0.3, -0.25) is 24.0 Å². The molecule has 0 fully saturated rings. The number of amides is 2. The molecule has 0 radical (unpaired) electrons. The monoisotopic (exact) mass is 712 g/mol. The third-order valence-electron chi connectivity index (χ3n) is 7.40. The van der Waals surface area contributed by atoms with Crippen LogP contribution in [-0.4, -0.2) is 55.8 Å². The predicted molar refractivity (Wildman–Crippen MR) is 179 cm³/mol. The Bertz CT molecular complexity index is 1720. The summed E-state index contributed by atoms with van der Waals surface area (Å²) in [5, 5.41) is 15.3. The minimum absolute atomic E-state index is 0.0660. The molecule has 0 aliphatic heterocycles. The number of nitro groups is 1. The van der Waals surface area contributed by atoms with E-state index in [1.807, 2.05) is 13.8 Å². The molecule has 0 aliphatic rings. The first-order valence-corrected chi connectivity index (χ1v) is 16.9. The quantitative estimate of drug-likeness (QED) is 0.143. The molecule has 0 saturated carbocycles. The number of halogens is 3. The Morgan fingerprint density at radius 3 is 2.24 bits per heavy atom. The number of benzene rings is 3. The number of hydrogen-bond acceptors (Lipinski definition) is 7. The van der Waals surface area contributed by atoms with Crippen molar-refractivity contribution in [3.8, 4) is 5.75 Å². The Kier molecular flexibility index (Phi) is 12.7. The Hall–Kier alpha value is -3.58. The molecule has 0 spiro atoms. The van der Waals surface area contributed by atoms with Crippen molar-refractivity contribution >= 4 is 68.0 Å². The lowest BCUT2D eigenvalue weighted by Crippen LogP contribution is -2.53. The van der Waals surface area contributed by atoms with Crippen molar-refractivity contribution in [1.82, 2.24) is 10.2 Å². The van der Waals surface area contributed by atoms with Crippen molar-refractivity contribution in [1.29, 1.82) is 0 Å². The number of hydrogen-bond donors (Lipinski definition) is 1. The number of methoxy groups -OCH3 is 1. The van der Waals surface area contributed by atoms with Crippen LogP contribution in [-0.2, 0) is 26.2 Å². The fourth-order valence-electron chi connectivity index (χ4n) is 4.64. The summed E-state index contributed by atoms with van der Waals surface area (Å²) in [7, 11) is -3.35. The molecule has 3 aromatic rings. The second-order valence-electron chi connectivity index (χ2n) is 10.5. The predicted octanol–water partition coefficient (Wildman–Crippen LogP) is 6.79. The average Bonchev–Trinajstić information content (AvgIpc) is 3.00. The number of sulfonamides is 1. The van der Waals surface area contributed by atoms with Crippen molar-refractivity contribution in [2.24, 2.45) is 0 Å².